The van der Waals surface area contributed by atoms with Crippen molar-refractivity contribution in [1.82, 2.24) is 10.2 Å². The van der Waals surface area contributed by atoms with Crippen LogP contribution in [0.15, 0.2) is 42.5 Å². The van der Waals surface area contributed by atoms with Gasteiger partial charge in [-0.3, -0.25) is 9.59 Å². The zero-order chi connectivity index (χ0) is 20.7. The zero-order valence-corrected chi connectivity index (χ0v) is 17.7. The minimum absolute atomic E-state index is 0.171. The van der Waals surface area contributed by atoms with Gasteiger partial charge in [0.15, 0.2) is 6.61 Å². The SMILES string of the molecule is CCNC(=O)C(C)N(Cc1ccc(Cl)c(Cl)c1)C(=O)COc1ccccc1C. The Morgan fingerprint density at radius 1 is 1.14 bits per heavy atom. The van der Waals surface area contributed by atoms with Crippen LogP contribution in [-0.2, 0) is 16.1 Å². The van der Waals surface area contributed by atoms with Crippen LogP contribution >= 0.6 is 23.2 Å². The standard InChI is InChI=1S/C21H24Cl2N2O3/c1-4-24-21(27)15(3)25(12-16-9-10-17(22)18(23)11-16)20(26)13-28-19-8-6-5-7-14(19)2/h5-11,15H,4,12-13H2,1-3H3,(H,24,27). The fraction of sp³-hybridized carbons (Fsp3) is 0.333. The minimum atomic E-state index is -0.664. The van der Waals surface area contributed by atoms with Crippen molar-refractivity contribution < 1.29 is 14.3 Å². The first-order valence-electron chi connectivity index (χ1n) is 9.03. The van der Waals surface area contributed by atoms with E-state index >= 15 is 0 Å². The molecule has 2 aromatic rings. The third kappa shape index (κ3) is 5.88. The number of para-hydroxylation sites is 1. The maximum atomic E-state index is 12.9. The molecule has 7 heteroatoms. The molecule has 0 fully saturated rings. The van der Waals surface area contributed by atoms with Crippen LogP contribution in [0.1, 0.15) is 25.0 Å². The minimum Gasteiger partial charge on any atom is -0.484 e. The molecule has 1 N–H and O–H groups in total. The van der Waals surface area contributed by atoms with Crippen molar-refractivity contribution in [3.05, 3.63) is 63.6 Å². The van der Waals surface area contributed by atoms with Crippen LogP contribution < -0.4 is 10.1 Å². The van der Waals surface area contributed by atoms with Gasteiger partial charge >= 0.3 is 0 Å². The normalized spacial score (nSPS) is 11.6. The lowest BCUT2D eigenvalue weighted by molar-refractivity contribution is -0.142. The van der Waals surface area contributed by atoms with E-state index in [1.165, 1.54) is 4.90 Å². The van der Waals surface area contributed by atoms with Crippen molar-refractivity contribution in [2.45, 2.75) is 33.4 Å². The lowest BCUT2D eigenvalue weighted by Gasteiger charge is -2.28. The lowest BCUT2D eigenvalue weighted by Crippen LogP contribution is -2.49. The van der Waals surface area contributed by atoms with E-state index in [1.54, 1.807) is 31.2 Å². The number of nitrogens with zero attached hydrogens (tertiary/aromatic N) is 1. The van der Waals surface area contributed by atoms with Gasteiger partial charge in [-0.15, -0.1) is 0 Å². The van der Waals surface area contributed by atoms with E-state index in [9.17, 15) is 9.59 Å². The first-order chi connectivity index (χ1) is 13.3. The Bertz CT molecular complexity index is 842. The van der Waals surface area contributed by atoms with E-state index in [0.717, 1.165) is 11.1 Å². The first kappa shape index (κ1) is 22.1. The van der Waals surface area contributed by atoms with Gasteiger partial charge in [-0.2, -0.15) is 0 Å². The second kappa shape index (κ2) is 10.3. The van der Waals surface area contributed by atoms with Crippen molar-refractivity contribution in [2.75, 3.05) is 13.2 Å². The van der Waals surface area contributed by atoms with Crippen LogP contribution in [-0.4, -0.2) is 35.9 Å². The largest absolute Gasteiger partial charge is 0.484 e. The molecular weight excluding hydrogens is 399 g/mol. The van der Waals surface area contributed by atoms with E-state index in [0.29, 0.717) is 22.3 Å². The predicted octanol–water partition coefficient (Wildman–Crippen LogP) is 4.23. The summed E-state index contributed by atoms with van der Waals surface area (Å²) in [5.41, 5.74) is 1.71. The van der Waals surface area contributed by atoms with E-state index < -0.39 is 6.04 Å². The fourth-order valence-electron chi connectivity index (χ4n) is 2.68. The molecule has 5 nitrogen and oxygen atoms in total. The van der Waals surface area contributed by atoms with Gasteiger partial charge < -0.3 is 15.0 Å². The average Bonchev–Trinajstić information content (AvgIpc) is 2.67. The molecule has 0 aliphatic carbocycles. The monoisotopic (exact) mass is 422 g/mol. The van der Waals surface area contributed by atoms with Crippen molar-refractivity contribution in [2.24, 2.45) is 0 Å². The number of carbonyl (C=O) groups excluding carboxylic acids is 2. The third-order valence-corrected chi connectivity index (χ3v) is 5.04. The lowest BCUT2D eigenvalue weighted by atomic mass is 10.1. The maximum absolute atomic E-state index is 12.9. The predicted molar refractivity (Wildman–Crippen MR) is 112 cm³/mol. The van der Waals surface area contributed by atoms with Gasteiger partial charge in [0.1, 0.15) is 11.8 Å². The highest BCUT2D eigenvalue weighted by Crippen LogP contribution is 2.24. The van der Waals surface area contributed by atoms with E-state index in [2.05, 4.69) is 5.32 Å². The summed E-state index contributed by atoms with van der Waals surface area (Å²) < 4.78 is 5.68. The zero-order valence-electron chi connectivity index (χ0n) is 16.2. The Kier molecular flexibility index (Phi) is 8.15. The summed E-state index contributed by atoms with van der Waals surface area (Å²) in [5.74, 6) is 0.107. The third-order valence-electron chi connectivity index (χ3n) is 4.30. The van der Waals surface area contributed by atoms with Crippen LogP contribution in [0.3, 0.4) is 0 Å². The summed E-state index contributed by atoms with van der Waals surface area (Å²) in [7, 11) is 0. The summed E-state index contributed by atoms with van der Waals surface area (Å²) >= 11 is 12.1. The molecular formula is C21H24Cl2N2O3. The molecule has 2 rings (SSSR count). The van der Waals surface area contributed by atoms with Gasteiger partial charge in [-0.05, 0) is 50.1 Å². The van der Waals surface area contributed by atoms with Crippen molar-refractivity contribution in [3.63, 3.8) is 0 Å². The molecule has 0 saturated heterocycles. The Labute approximate surface area is 175 Å². The number of hydrogen-bond donors (Lipinski definition) is 1. The van der Waals surface area contributed by atoms with Crippen LogP contribution in [0.4, 0.5) is 0 Å². The highest BCUT2D eigenvalue weighted by Gasteiger charge is 2.26. The van der Waals surface area contributed by atoms with Gasteiger partial charge in [0, 0.05) is 13.1 Å². The van der Waals surface area contributed by atoms with Gasteiger partial charge in [0.2, 0.25) is 5.91 Å². The van der Waals surface area contributed by atoms with Crippen LogP contribution in [0.2, 0.25) is 10.0 Å². The average molecular weight is 423 g/mol. The molecule has 2 amide bonds. The van der Waals surface area contributed by atoms with Gasteiger partial charge in [0.05, 0.1) is 10.0 Å². The Hall–Kier alpha value is -2.24. The molecule has 0 radical (unpaired) electrons. The Morgan fingerprint density at radius 3 is 2.50 bits per heavy atom. The van der Waals surface area contributed by atoms with Crippen molar-refractivity contribution >= 4 is 35.0 Å². The number of benzene rings is 2. The number of carbonyl (C=O) groups is 2. The molecule has 2 aromatic carbocycles. The van der Waals surface area contributed by atoms with E-state index in [-0.39, 0.29) is 25.0 Å². The highest BCUT2D eigenvalue weighted by molar-refractivity contribution is 6.42. The Balaban J connectivity index is 2.18. The number of aryl methyl sites for hydroxylation is 1. The van der Waals surface area contributed by atoms with Gasteiger partial charge in [-0.1, -0.05) is 47.5 Å². The smallest absolute Gasteiger partial charge is 0.261 e. The molecule has 0 bridgehead atoms. The number of nitrogens with one attached hydrogen (secondary N) is 1. The van der Waals surface area contributed by atoms with Crippen LogP contribution in [0, 0.1) is 6.92 Å². The number of likely N-dealkylation sites (N-methyl/N-ethyl adjacent to an activating group) is 1. The second-order valence-electron chi connectivity index (χ2n) is 6.39. The molecule has 0 aliphatic rings. The molecule has 1 unspecified atom stereocenters. The molecule has 0 aromatic heterocycles. The van der Waals surface area contributed by atoms with E-state index in [1.807, 2.05) is 32.0 Å². The topological polar surface area (TPSA) is 58.6 Å². The molecule has 0 spiro atoms. The molecule has 0 heterocycles. The number of ether oxygens (including phenoxy) is 1. The summed E-state index contributed by atoms with van der Waals surface area (Å²) in [6.45, 7) is 5.95. The first-order valence-corrected chi connectivity index (χ1v) is 9.78. The van der Waals surface area contributed by atoms with Crippen LogP contribution in [0.25, 0.3) is 0 Å². The molecule has 1 atom stereocenters. The molecule has 0 saturated carbocycles. The van der Waals surface area contributed by atoms with Crippen molar-refractivity contribution in [3.8, 4) is 5.75 Å². The number of hydrogen-bond acceptors (Lipinski definition) is 3. The fourth-order valence-corrected chi connectivity index (χ4v) is 3.00. The summed E-state index contributed by atoms with van der Waals surface area (Å²) in [6.07, 6.45) is 0. The Morgan fingerprint density at radius 2 is 1.86 bits per heavy atom. The number of halogens is 2. The van der Waals surface area contributed by atoms with E-state index in [4.69, 9.17) is 27.9 Å². The second-order valence-corrected chi connectivity index (χ2v) is 7.21. The summed E-state index contributed by atoms with van der Waals surface area (Å²) in [5, 5.41) is 3.58. The summed E-state index contributed by atoms with van der Waals surface area (Å²) in [6, 6.07) is 11.9. The van der Waals surface area contributed by atoms with Crippen molar-refractivity contribution in [1.29, 1.82) is 0 Å². The highest BCUT2D eigenvalue weighted by atomic mass is 35.5. The van der Waals surface area contributed by atoms with Crippen LogP contribution in [0.5, 0.6) is 5.75 Å². The number of amides is 2. The summed E-state index contributed by atoms with van der Waals surface area (Å²) in [4.78, 5) is 26.7. The maximum Gasteiger partial charge on any atom is 0.261 e. The quantitative estimate of drug-likeness (QED) is 0.691. The van der Waals surface area contributed by atoms with Gasteiger partial charge in [-0.25, -0.2) is 0 Å². The molecule has 28 heavy (non-hydrogen) atoms. The molecule has 0 aliphatic heterocycles. The molecule has 150 valence electrons. The number of rotatable bonds is 8. The van der Waals surface area contributed by atoms with Gasteiger partial charge in [0.25, 0.3) is 5.91 Å².